The molecular formula is C17H18ClN3O2. The maximum Gasteiger partial charge on any atom is 0.240 e. The number of carbonyl (C=O) groups is 2. The van der Waals surface area contributed by atoms with Crippen molar-refractivity contribution in [3.63, 3.8) is 0 Å². The second-order valence-corrected chi connectivity index (χ2v) is 5.61. The van der Waals surface area contributed by atoms with Crippen LogP contribution in [-0.4, -0.2) is 23.3 Å². The average molecular weight is 332 g/mol. The van der Waals surface area contributed by atoms with Gasteiger partial charge in [-0.25, -0.2) is 0 Å². The van der Waals surface area contributed by atoms with Crippen LogP contribution in [0, 0.1) is 6.92 Å². The number of nitrogens with one attached hydrogen (secondary N) is 1. The largest absolute Gasteiger partial charge is 0.350 e. The van der Waals surface area contributed by atoms with Crippen molar-refractivity contribution in [3.05, 3.63) is 58.9 Å². The lowest BCUT2D eigenvalue weighted by Crippen LogP contribution is -2.40. The summed E-state index contributed by atoms with van der Waals surface area (Å²) in [7, 11) is 0. The Labute approximate surface area is 140 Å². The summed E-state index contributed by atoms with van der Waals surface area (Å²) in [6.45, 7) is 3.60. The van der Waals surface area contributed by atoms with Gasteiger partial charge in [0.05, 0.1) is 0 Å². The first-order valence-electron chi connectivity index (χ1n) is 7.17. The summed E-state index contributed by atoms with van der Waals surface area (Å²) in [6.07, 6.45) is 3.36. The summed E-state index contributed by atoms with van der Waals surface area (Å²) in [6, 6.07) is 8.94. The molecule has 0 atom stereocenters. The number of hydrogen-bond acceptors (Lipinski definition) is 3. The van der Waals surface area contributed by atoms with Gasteiger partial charge in [0.15, 0.2) is 0 Å². The minimum absolute atomic E-state index is 0.0588. The summed E-state index contributed by atoms with van der Waals surface area (Å²) in [5.41, 5.74) is 2.42. The number of nitrogens with zero attached hydrogens (tertiary/aromatic N) is 2. The Morgan fingerprint density at radius 2 is 2.09 bits per heavy atom. The Bertz CT molecular complexity index is 704. The Morgan fingerprint density at radius 3 is 2.74 bits per heavy atom. The maximum atomic E-state index is 12.1. The lowest BCUT2D eigenvalue weighted by molar-refractivity contribution is -0.123. The standard InChI is InChI=1S/C17H18ClN3O2/c1-12-5-6-15(18)8-16(12)21(13(2)22)11-17(23)20-10-14-4-3-7-19-9-14/h3-9H,10-11H2,1-2H3,(H,20,23). The molecule has 1 aromatic carbocycles. The van der Waals surface area contributed by atoms with E-state index in [2.05, 4.69) is 10.3 Å². The van der Waals surface area contributed by atoms with Gasteiger partial charge < -0.3 is 10.2 Å². The number of carbonyl (C=O) groups excluding carboxylic acids is 2. The van der Waals surface area contributed by atoms with Crippen LogP contribution in [-0.2, 0) is 16.1 Å². The molecule has 0 aliphatic carbocycles. The normalized spacial score (nSPS) is 10.2. The van der Waals surface area contributed by atoms with Crippen LogP contribution in [0.3, 0.4) is 0 Å². The van der Waals surface area contributed by atoms with Crippen molar-refractivity contribution in [1.29, 1.82) is 0 Å². The van der Waals surface area contributed by atoms with Crippen LogP contribution in [0.2, 0.25) is 5.02 Å². The van der Waals surface area contributed by atoms with Gasteiger partial charge in [-0.2, -0.15) is 0 Å². The number of pyridine rings is 1. The van der Waals surface area contributed by atoms with Crippen LogP contribution in [0.4, 0.5) is 5.69 Å². The number of rotatable bonds is 5. The number of hydrogen-bond donors (Lipinski definition) is 1. The zero-order valence-electron chi connectivity index (χ0n) is 13.0. The molecule has 6 heteroatoms. The molecular weight excluding hydrogens is 314 g/mol. The molecule has 1 aromatic heterocycles. The van der Waals surface area contributed by atoms with Crippen molar-refractivity contribution in [3.8, 4) is 0 Å². The van der Waals surface area contributed by atoms with E-state index in [-0.39, 0.29) is 18.4 Å². The summed E-state index contributed by atoms with van der Waals surface area (Å²) < 4.78 is 0. The van der Waals surface area contributed by atoms with Crippen LogP contribution in [0.15, 0.2) is 42.7 Å². The van der Waals surface area contributed by atoms with Crippen molar-refractivity contribution in [1.82, 2.24) is 10.3 Å². The fourth-order valence-corrected chi connectivity index (χ4v) is 2.31. The molecule has 2 rings (SSSR count). The third kappa shape index (κ3) is 4.79. The fourth-order valence-electron chi connectivity index (χ4n) is 2.14. The van der Waals surface area contributed by atoms with E-state index < -0.39 is 0 Å². The zero-order valence-corrected chi connectivity index (χ0v) is 13.8. The first kappa shape index (κ1) is 17.0. The van der Waals surface area contributed by atoms with Gasteiger partial charge in [-0.05, 0) is 36.2 Å². The van der Waals surface area contributed by atoms with Gasteiger partial charge in [0, 0.05) is 36.6 Å². The van der Waals surface area contributed by atoms with Gasteiger partial charge in [0.1, 0.15) is 6.54 Å². The number of amides is 2. The van der Waals surface area contributed by atoms with Crippen molar-refractivity contribution < 1.29 is 9.59 Å². The van der Waals surface area contributed by atoms with E-state index in [1.807, 2.05) is 19.1 Å². The molecule has 0 bridgehead atoms. The molecule has 1 N–H and O–H groups in total. The molecule has 0 fully saturated rings. The lowest BCUT2D eigenvalue weighted by Gasteiger charge is -2.22. The molecule has 0 saturated carbocycles. The third-order valence-electron chi connectivity index (χ3n) is 3.36. The number of aryl methyl sites for hydroxylation is 1. The summed E-state index contributed by atoms with van der Waals surface area (Å²) in [5, 5.41) is 3.30. The van der Waals surface area contributed by atoms with E-state index in [1.165, 1.54) is 11.8 Å². The molecule has 5 nitrogen and oxygen atoms in total. The predicted molar refractivity (Wildman–Crippen MR) is 90.3 cm³/mol. The second kappa shape index (κ2) is 7.74. The van der Waals surface area contributed by atoms with Crippen molar-refractivity contribution >= 4 is 29.1 Å². The zero-order chi connectivity index (χ0) is 16.8. The molecule has 0 unspecified atom stereocenters. The predicted octanol–water partition coefficient (Wildman–Crippen LogP) is 2.71. The quantitative estimate of drug-likeness (QED) is 0.916. The maximum absolute atomic E-state index is 12.1. The Kier molecular flexibility index (Phi) is 5.71. The van der Waals surface area contributed by atoms with Crippen molar-refractivity contribution in [2.24, 2.45) is 0 Å². The lowest BCUT2D eigenvalue weighted by atomic mass is 10.1. The van der Waals surface area contributed by atoms with E-state index in [4.69, 9.17) is 11.6 Å². The van der Waals surface area contributed by atoms with Crippen molar-refractivity contribution in [2.75, 3.05) is 11.4 Å². The molecule has 1 heterocycles. The topological polar surface area (TPSA) is 62.3 Å². The second-order valence-electron chi connectivity index (χ2n) is 5.17. The van der Waals surface area contributed by atoms with E-state index >= 15 is 0 Å². The van der Waals surface area contributed by atoms with Gasteiger partial charge in [0.25, 0.3) is 0 Å². The number of halogens is 1. The Morgan fingerprint density at radius 1 is 1.30 bits per heavy atom. The van der Waals surface area contributed by atoms with Gasteiger partial charge in [-0.3, -0.25) is 14.6 Å². The Hall–Kier alpha value is -2.40. The van der Waals surface area contributed by atoms with E-state index in [9.17, 15) is 9.59 Å². The van der Waals surface area contributed by atoms with Gasteiger partial charge in [-0.1, -0.05) is 23.7 Å². The number of anilines is 1. The van der Waals surface area contributed by atoms with Gasteiger partial charge >= 0.3 is 0 Å². The SMILES string of the molecule is CC(=O)N(CC(=O)NCc1cccnc1)c1cc(Cl)ccc1C. The average Bonchev–Trinajstić information content (AvgIpc) is 2.54. The molecule has 23 heavy (non-hydrogen) atoms. The highest BCUT2D eigenvalue weighted by molar-refractivity contribution is 6.31. The summed E-state index contributed by atoms with van der Waals surface area (Å²) >= 11 is 6.00. The number of aromatic nitrogens is 1. The van der Waals surface area contributed by atoms with Crippen LogP contribution < -0.4 is 10.2 Å². The summed E-state index contributed by atoms with van der Waals surface area (Å²) in [5.74, 6) is -0.463. The van der Waals surface area contributed by atoms with Crippen LogP contribution in [0.25, 0.3) is 0 Å². The molecule has 2 amide bonds. The first-order valence-corrected chi connectivity index (χ1v) is 7.55. The first-order chi connectivity index (χ1) is 11.0. The van der Waals surface area contributed by atoms with Crippen LogP contribution in [0.5, 0.6) is 0 Å². The van der Waals surface area contributed by atoms with E-state index in [0.717, 1.165) is 11.1 Å². The monoisotopic (exact) mass is 331 g/mol. The molecule has 2 aromatic rings. The highest BCUT2D eigenvalue weighted by Crippen LogP contribution is 2.24. The van der Waals surface area contributed by atoms with Gasteiger partial charge in [-0.15, -0.1) is 0 Å². The minimum Gasteiger partial charge on any atom is -0.350 e. The number of benzene rings is 1. The minimum atomic E-state index is -0.247. The molecule has 0 radical (unpaired) electrons. The van der Waals surface area contributed by atoms with E-state index in [0.29, 0.717) is 17.3 Å². The van der Waals surface area contributed by atoms with E-state index in [1.54, 1.807) is 30.6 Å². The molecule has 0 spiro atoms. The highest BCUT2D eigenvalue weighted by atomic mass is 35.5. The fraction of sp³-hybridized carbons (Fsp3) is 0.235. The van der Waals surface area contributed by atoms with Crippen LogP contribution >= 0.6 is 11.6 Å². The molecule has 120 valence electrons. The third-order valence-corrected chi connectivity index (χ3v) is 3.59. The highest BCUT2D eigenvalue weighted by Gasteiger charge is 2.17. The molecule has 0 aliphatic heterocycles. The summed E-state index contributed by atoms with van der Waals surface area (Å²) in [4.78, 5) is 29.5. The van der Waals surface area contributed by atoms with Crippen LogP contribution in [0.1, 0.15) is 18.1 Å². The molecule has 0 aliphatic rings. The Balaban J connectivity index is 2.06. The van der Waals surface area contributed by atoms with Crippen molar-refractivity contribution in [2.45, 2.75) is 20.4 Å². The van der Waals surface area contributed by atoms with Gasteiger partial charge in [0.2, 0.25) is 11.8 Å². The molecule has 0 saturated heterocycles. The smallest absolute Gasteiger partial charge is 0.240 e.